The first-order chi connectivity index (χ1) is 9.21. The van der Waals surface area contributed by atoms with E-state index in [0.717, 1.165) is 19.3 Å². The number of amides is 2. The Kier molecular flexibility index (Phi) is 3.98. The van der Waals surface area contributed by atoms with Crippen LogP contribution in [0.2, 0.25) is 0 Å². The molecular weight excluding hydrogens is 256 g/mol. The van der Waals surface area contributed by atoms with Crippen molar-refractivity contribution in [3.05, 3.63) is 0 Å². The summed E-state index contributed by atoms with van der Waals surface area (Å²) in [5.41, 5.74) is -0.614. The minimum absolute atomic E-state index is 0.145. The summed E-state index contributed by atoms with van der Waals surface area (Å²) in [6.45, 7) is 10.0. The number of rotatable bonds is 1. The molecule has 0 radical (unpaired) electrons. The molecule has 1 saturated carbocycles. The minimum atomic E-state index is -0.469. The van der Waals surface area contributed by atoms with E-state index in [1.165, 1.54) is 0 Å². The summed E-state index contributed by atoms with van der Waals surface area (Å²) in [6, 6.07) is 0. The van der Waals surface area contributed by atoms with Crippen LogP contribution < -0.4 is 0 Å². The molecule has 2 rings (SSSR count). The Morgan fingerprint density at radius 2 is 1.50 bits per heavy atom. The predicted octanol–water partition coefficient (Wildman–Crippen LogP) is 2.26. The molecule has 0 N–H and O–H groups in total. The second kappa shape index (κ2) is 5.26. The van der Waals surface area contributed by atoms with E-state index in [-0.39, 0.29) is 17.4 Å². The third kappa shape index (κ3) is 3.25. The van der Waals surface area contributed by atoms with Crippen LogP contribution in [0.1, 0.15) is 47.0 Å². The molecule has 0 spiro atoms. The fourth-order valence-corrected chi connectivity index (χ4v) is 2.72. The monoisotopic (exact) mass is 282 g/mol. The van der Waals surface area contributed by atoms with Crippen molar-refractivity contribution in [3.8, 4) is 0 Å². The molecule has 20 heavy (non-hydrogen) atoms. The lowest BCUT2D eigenvalue weighted by atomic mass is 9.69. The molecule has 0 atom stereocenters. The van der Waals surface area contributed by atoms with E-state index >= 15 is 0 Å². The first-order valence-corrected chi connectivity index (χ1v) is 7.49. The van der Waals surface area contributed by atoms with Crippen molar-refractivity contribution in [3.63, 3.8) is 0 Å². The van der Waals surface area contributed by atoms with Gasteiger partial charge >= 0.3 is 6.09 Å². The largest absolute Gasteiger partial charge is 0.444 e. The van der Waals surface area contributed by atoms with E-state index in [0.29, 0.717) is 26.2 Å². The van der Waals surface area contributed by atoms with Crippen molar-refractivity contribution in [2.45, 2.75) is 52.6 Å². The summed E-state index contributed by atoms with van der Waals surface area (Å²) in [5.74, 6) is 0.257. The number of nitrogens with zero attached hydrogens (tertiary/aromatic N) is 2. The number of hydrogen-bond donors (Lipinski definition) is 0. The lowest BCUT2D eigenvalue weighted by molar-refractivity contribution is -0.147. The Bertz CT molecular complexity index is 388. The van der Waals surface area contributed by atoms with Gasteiger partial charge in [0.15, 0.2) is 0 Å². The van der Waals surface area contributed by atoms with Gasteiger partial charge in [-0.25, -0.2) is 4.79 Å². The quantitative estimate of drug-likeness (QED) is 0.741. The maximum absolute atomic E-state index is 12.4. The van der Waals surface area contributed by atoms with Crippen molar-refractivity contribution >= 4 is 12.0 Å². The smallest absolute Gasteiger partial charge is 0.410 e. The SMILES string of the molecule is CC(C)(C)OC(=O)N1CCN(C(=O)C2(C)CCC2)CC1. The van der Waals surface area contributed by atoms with Crippen LogP contribution in [-0.2, 0) is 9.53 Å². The fourth-order valence-electron chi connectivity index (χ4n) is 2.72. The topological polar surface area (TPSA) is 49.9 Å². The molecule has 5 heteroatoms. The summed E-state index contributed by atoms with van der Waals surface area (Å²) in [4.78, 5) is 27.9. The highest BCUT2D eigenvalue weighted by molar-refractivity contribution is 5.83. The third-order valence-electron chi connectivity index (χ3n) is 4.19. The highest BCUT2D eigenvalue weighted by atomic mass is 16.6. The first kappa shape index (κ1) is 15.1. The van der Waals surface area contributed by atoms with Gasteiger partial charge in [-0.05, 0) is 33.6 Å². The summed E-state index contributed by atoms with van der Waals surface area (Å²) in [7, 11) is 0. The average Bonchev–Trinajstić information content (AvgIpc) is 2.33. The van der Waals surface area contributed by atoms with Crippen LogP contribution in [-0.4, -0.2) is 53.6 Å². The van der Waals surface area contributed by atoms with E-state index in [1.54, 1.807) is 4.90 Å². The molecule has 0 aromatic heterocycles. The number of hydrogen-bond acceptors (Lipinski definition) is 3. The summed E-state index contributed by atoms with van der Waals surface area (Å²) < 4.78 is 5.36. The molecule has 0 aromatic rings. The Morgan fingerprint density at radius 3 is 1.90 bits per heavy atom. The van der Waals surface area contributed by atoms with Crippen LogP contribution in [0.5, 0.6) is 0 Å². The Labute approximate surface area is 121 Å². The van der Waals surface area contributed by atoms with Crippen molar-refractivity contribution in [1.29, 1.82) is 0 Å². The fraction of sp³-hybridized carbons (Fsp3) is 0.867. The molecule has 2 amide bonds. The zero-order valence-electron chi connectivity index (χ0n) is 13.1. The number of ether oxygens (including phenoxy) is 1. The zero-order valence-corrected chi connectivity index (χ0v) is 13.1. The van der Waals surface area contributed by atoms with Gasteiger partial charge in [0.2, 0.25) is 5.91 Å². The predicted molar refractivity (Wildman–Crippen MR) is 76.3 cm³/mol. The summed E-state index contributed by atoms with van der Waals surface area (Å²) in [6.07, 6.45) is 2.87. The van der Waals surface area contributed by atoms with Gasteiger partial charge < -0.3 is 14.5 Å². The van der Waals surface area contributed by atoms with Gasteiger partial charge in [0.1, 0.15) is 5.60 Å². The lowest BCUT2D eigenvalue weighted by Crippen LogP contribution is -2.55. The lowest BCUT2D eigenvalue weighted by Gasteiger charge is -2.43. The Balaban J connectivity index is 1.83. The zero-order chi connectivity index (χ0) is 15.0. The number of carbonyl (C=O) groups is 2. The van der Waals surface area contributed by atoms with Crippen LogP contribution >= 0.6 is 0 Å². The molecule has 1 saturated heterocycles. The standard InChI is InChI=1S/C15H26N2O3/c1-14(2,3)20-13(19)17-10-8-16(9-11-17)12(18)15(4)6-5-7-15/h5-11H2,1-4H3. The summed E-state index contributed by atoms with van der Waals surface area (Å²) in [5, 5.41) is 0. The minimum Gasteiger partial charge on any atom is -0.444 e. The average molecular weight is 282 g/mol. The molecule has 1 aliphatic carbocycles. The van der Waals surface area contributed by atoms with Crippen molar-refractivity contribution < 1.29 is 14.3 Å². The molecule has 1 aliphatic heterocycles. The highest BCUT2D eigenvalue weighted by Crippen LogP contribution is 2.41. The molecule has 1 heterocycles. The summed E-state index contributed by atoms with van der Waals surface area (Å²) >= 11 is 0. The second-order valence-corrected chi connectivity index (χ2v) is 7.17. The van der Waals surface area contributed by atoms with Gasteiger partial charge in [-0.1, -0.05) is 13.3 Å². The van der Waals surface area contributed by atoms with Crippen LogP contribution in [0.3, 0.4) is 0 Å². The van der Waals surface area contributed by atoms with E-state index in [2.05, 4.69) is 6.92 Å². The first-order valence-electron chi connectivity index (χ1n) is 7.49. The van der Waals surface area contributed by atoms with Crippen LogP contribution in [0, 0.1) is 5.41 Å². The molecular formula is C15H26N2O3. The van der Waals surface area contributed by atoms with Crippen molar-refractivity contribution in [2.24, 2.45) is 5.41 Å². The van der Waals surface area contributed by atoms with Crippen LogP contribution in [0.4, 0.5) is 4.79 Å². The van der Waals surface area contributed by atoms with Gasteiger partial charge in [0.25, 0.3) is 0 Å². The van der Waals surface area contributed by atoms with Crippen molar-refractivity contribution in [2.75, 3.05) is 26.2 Å². The maximum atomic E-state index is 12.4. The molecule has 0 unspecified atom stereocenters. The number of piperazine rings is 1. The molecule has 114 valence electrons. The van der Waals surface area contributed by atoms with Crippen LogP contribution in [0.15, 0.2) is 0 Å². The molecule has 2 fully saturated rings. The highest BCUT2D eigenvalue weighted by Gasteiger charge is 2.42. The Morgan fingerprint density at radius 1 is 1.00 bits per heavy atom. The van der Waals surface area contributed by atoms with E-state index in [9.17, 15) is 9.59 Å². The van der Waals surface area contributed by atoms with Gasteiger partial charge in [-0.3, -0.25) is 4.79 Å². The van der Waals surface area contributed by atoms with E-state index < -0.39 is 5.60 Å². The van der Waals surface area contributed by atoms with E-state index in [1.807, 2.05) is 25.7 Å². The molecule has 0 bridgehead atoms. The van der Waals surface area contributed by atoms with E-state index in [4.69, 9.17) is 4.74 Å². The third-order valence-corrected chi connectivity index (χ3v) is 4.19. The second-order valence-electron chi connectivity index (χ2n) is 7.17. The molecule has 2 aliphatic rings. The van der Waals surface area contributed by atoms with Gasteiger partial charge in [0.05, 0.1) is 0 Å². The Hall–Kier alpha value is -1.26. The normalized spacial score (nSPS) is 22.2. The number of carbonyl (C=O) groups excluding carboxylic acids is 2. The van der Waals surface area contributed by atoms with Gasteiger partial charge in [-0.15, -0.1) is 0 Å². The maximum Gasteiger partial charge on any atom is 0.410 e. The van der Waals surface area contributed by atoms with Gasteiger partial charge in [0, 0.05) is 31.6 Å². The molecule has 0 aromatic carbocycles. The van der Waals surface area contributed by atoms with Gasteiger partial charge in [-0.2, -0.15) is 0 Å². The van der Waals surface area contributed by atoms with Crippen molar-refractivity contribution in [1.82, 2.24) is 9.80 Å². The van der Waals surface area contributed by atoms with Crippen LogP contribution in [0.25, 0.3) is 0 Å². The molecule has 5 nitrogen and oxygen atoms in total.